The van der Waals surface area contributed by atoms with Crippen molar-refractivity contribution < 1.29 is 9.53 Å². The number of aromatic nitrogens is 1. The number of aromatic amines is 1. The molecule has 0 aliphatic rings. The Labute approximate surface area is 84.5 Å². The fourth-order valence-electron chi connectivity index (χ4n) is 1.28. The number of ether oxygens (including phenoxy) is 1. The number of H-pyrrole nitrogens is 1. The van der Waals surface area contributed by atoms with Crippen LogP contribution in [0.15, 0.2) is 12.1 Å². The zero-order valence-corrected chi connectivity index (χ0v) is 8.80. The monoisotopic (exact) mass is 195 g/mol. The number of esters is 1. The highest BCUT2D eigenvalue weighted by Crippen LogP contribution is 2.07. The molecule has 0 aromatic carbocycles. The van der Waals surface area contributed by atoms with Crippen molar-refractivity contribution in [2.45, 2.75) is 33.1 Å². The van der Waals surface area contributed by atoms with Gasteiger partial charge in [-0.05, 0) is 31.9 Å². The van der Waals surface area contributed by atoms with Gasteiger partial charge in [0.2, 0.25) is 0 Å². The molecule has 0 amide bonds. The normalized spacial score (nSPS) is 10.1. The van der Waals surface area contributed by atoms with Crippen LogP contribution < -0.4 is 0 Å². The van der Waals surface area contributed by atoms with E-state index in [0.717, 1.165) is 25.0 Å². The largest absolute Gasteiger partial charge is 0.461 e. The van der Waals surface area contributed by atoms with Gasteiger partial charge in [0.05, 0.1) is 6.61 Å². The summed E-state index contributed by atoms with van der Waals surface area (Å²) in [7, 11) is 0. The van der Waals surface area contributed by atoms with E-state index in [0.29, 0.717) is 12.3 Å². The SMILES string of the molecule is CCCCc1ccc(C(=O)OCC)[nH]1. The van der Waals surface area contributed by atoms with E-state index in [4.69, 9.17) is 4.74 Å². The second kappa shape index (κ2) is 5.47. The van der Waals surface area contributed by atoms with E-state index in [2.05, 4.69) is 11.9 Å². The predicted molar refractivity (Wildman–Crippen MR) is 55.4 cm³/mol. The molecule has 0 bridgehead atoms. The molecule has 0 saturated carbocycles. The molecule has 1 N–H and O–H groups in total. The molecule has 1 heterocycles. The molecular weight excluding hydrogens is 178 g/mol. The molecule has 0 spiro atoms. The highest BCUT2D eigenvalue weighted by atomic mass is 16.5. The molecule has 0 saturated heterocycles. The number of carbonyl (C=O) groups excluding carboxylic acids is 1. The average molecular weight is 195 g/mol. The van der Waals surface area contributed by atoms with Gasteiger partial charge < -0.3 is 9.72 Å². The van der Waals surface area contributed by atoms with Gasteiger partial charge in [0.1, 0.15) is 5.69 Å². The van der Waals surface area contributed by atoms with Crippen molar-refractivity contribution >= 4 is 5.97 Å². The van der Waals surface area contributed by atoms with E-state index in [1.54, 1.807) is 13.0 Å². The third kappa shape index (κ3) is 2.91. The topological polar surface area (TPSA) is 42.1 Å². The lowest BCUT2D eigenvalue weighted by Gasteiger charge is -1.98. The van der Waals surface area contributed by atoms with Crippen LogP contribution in [0.25, 0.3) is 0 Å². The maximum Gasteiger partial charge on any atom is 0.354 e. The molecule has 3 heteroatoms. The first-order valence-electron chi connectivity index (χ1n) is 5.13. The van der Waals surface area contributed by atoms with Crippen molar-refractivity contribution in [2.24, 2.45) is 0 Å². The lowest BCUT2D eigenvalue weighted by Crippen LogP contribution is -2.04. The number of nitrogens with one attached hydrogen (secondary N) is 1. The smallest absolute Gasteiger partial charge is 0.354 e. The predicted octanol–water partition coefficient (Wildman–Crippen LogP) is 2.53. The molecule has 78 valence electrons. The molecule has 0 aliphatic heterocycles. The van der Waals surface area contributed by atoms with Crippen LogP contribution in [0, 0.1) is 0 Å². The van der Waals surface area contributed by atoms with Crippen molar-refractivity contribution in [3.63, 3.8) is 0 Å². The fraction of sp³-hybridized carbons (Fsp3) is 0.545. The van der Waals surface area contributed by atoms with E-state index in [9.17, 15) is 4.79 Å². The number of hydrogen-bond donors (Lipinski definition) is 1. The number of unbranched alkanes of at least 4 members (excludes halogenated alkanes) is 1. The molecule has 1 aromatic heterocycles. The zero-order valence-electron chi connectivity index (χ0n) is 8.80. The molecule has 1 rings (SSSR count). The number of carbonyl (C=O) groups is 1. The van der Waals surface area contributed by atoms with E-state index in [-0.39, 0.29) is 5.97 Å². The van der Waals surface area contributed by atoms with E-state index in [1.807, 2.05) is 6.07 Å². The van der Waals surface area contributed by atoms with Gasteiger partial charge in [0.15, 0.2) is 0 Å². The zero-order chi connectivity index (χ0) is 10.4. The van der Waals surface area contributed by atoms with Crippen molar-refractivity contribution in [3.8, 4) is 0 Å². The van der Waals surface area contributed by atoms with Crippen LogP contribution in [0.5, 0.6) is 0 Å². The number of rotatable bonds is 5. The standard InChI is InChI=1S/C11H17NO2/c1-3-5-6-9-7-8-10(12-9)11(13)14-4-2/h7-8,12H,3-6H2,1-2H3. The van der Waals surface area contributed by atoms with Gasteiger partial charge in [-0.15, -0.1) is 0 Å². The summed E-state index contributed by atoms with van der Waals surface area (Å²) in [6.07, 6.45) is 3.30. The van der Waals surface area contributed by atoms with E-state index < -0.39 is 0 Å². The molecule has 14 heavy (non-hydrogen) atoms. The van der Waals surface area contributed by atoms with Crippen LogP contribution in [-0.2, 0) is 11.2 Å². The van der Waals surface area contributed by atoms with E-state index >= 15 is 0 Å². The van der Waals surface area contributed by atoms with Crippen LogP contribution in [0.2, 0.25) is 0 Å². The second-order valence-corrected chi connectivity index (χ2v) is 3.22. The maximum absolute atomic E-state index is 11.3. The lowest BCUT2D eigenvalue weighted by molar-refractivity contribution is 0.0520. The summed E-state index contributed by atoms with van der Waals surface area (Å²) >= 11 is 0. The quantitative estimate of drug-likeness (QED) is 0.733. The van der Waals surface area contributed by atoms with Gasteiger partial charge >= 0.3 is 5.97 Å². The van der Waals surface area contributed by atoms with Gasteiger partial charge in [0.25, 0.3) is 0 Å². The van der Waals surface area contributed by atoms with Crippen molar-refractivity contribution in [3.05, 3.63) is 23.5 Å². The van der Waals surface area contributed by atoms with Crippen molar-refractivity contribution in [1.82, 2.24) is 4.98 Å². The highest BCUT2D eigenvalue weighted by molar-refractivity contribution is 5.87. The minimum Gasteiger partial charge on any atom is -0.461 e. The first kappa shape index (κ1) is 10.8. The Morgan fingerprint density at radius 2 is 2.21 bits per heavy atom. The van der Waals surface area contributed by atoms with Gasteiger partial charge in [0, 0.05) is 5.69 Å². The Kier molecular flexibility index (Phi) is 4.23. The lowest BCUT2D eigenvalue weighted by atomic mass is 10.2. The molecule has 1 aromatic rings. The molecule has 0 radical (unpaired) electrons. The Morgan fingerprint density at radius 1 is 1.43 bits per heavy atom. The first-order chi connectivity index (χ1) is 6.77. The summed E-state index contributed by atoms with van der Waals surface area (Å²) < 4.78 is 4.88. The van der Waals surface area contributed by atoms with Crippen LogP contribution in [0.1, 0.15) is 42.9 Å². The Morgan fingerprint density at radius 3 is 2.86 bits per heavy atom. The summed E-state index contributed by atoms with van der Waals surface area (Å²) in [5.74, 6) is -0.268. The highest BCUT2D eigenvalue weighted by Gasteiger charge is 2.08. The Balaban J connectivity index is 2.54. The molecular formula is C11H17NO2. The molecule has 0 fully saturated rings. The van der Waals surface area contributed by atoms with Crippen LogP contribution in [0.4, 0.5) is 0 Å². The van der Waals surface area contributed by atoms with Gasteiger partial charge in [-0.1, -0.05) is 13.3 Å². The average Bonchev–Trinajstić information content (AvgIpc) is 2.63. The summed E-state index contributed by atoms with van der Waals surface area (Å²) in [5, 5.41) is 0. The van der Waals surface area contributed by atoms with E-state index in [1.165, 1.54) is 0 Å². The van der Waals surface area contributed by atoms with Crippen LogP contribution in [-0.4, -0.2) is 17.6 Å². The molecule has 3 nitrogen and oxygen atoms in total. The second-order valence-electron chi connectivity index (χ2n) is 3.22. The van der Waals surface area contributed by atoms with Crippen LogP contribution >= 0.6 is 0 Å². The third-order valence-electron chi connectivity index (χ3n) is 2.04. The van der Waals surface area contributed by atoms with Crippen molar-refractivity contribution in [1.29, 1.82) is 0 Å². The number of hydrogen-bond acceptors (Lipinski definition) is 2. The van der Waals surface area contributed by atoms with Crippen LogP contribution in [0.3, 0.4) is 0 Å². The first-order valence-corrected chi connectivity index (χ1v) is 5.13. The Bertz CT molecular complexity index is 291. The Hall–Kier alpha value is -1.25. The molecule has 0 aliphatic carbocycles. The summed E-state index contributed by atoms with van der Waals surface area (Å²) in [6, 6.07) is 3.73. The fourth-order valence-corrected chi connectivity index (χ4v) is 1.28. The molecule has 0 unspecified atom stereocenters. The minimum atomic E-state index is -0.268. The van der Waals surface area contributed by atoms with Gasteiger partial charge in [-0.3, -0.25) is 0 Å². The minimum absolute atomic E-state index is 0.268. The number of aryl methyl sites for hydroxylation is 1. The summed E-state index contributed by atoms with van der Waals surface area (Å²) in [6.45, 7) is 4.37. The van der Waals surface area contributed by atoms with Gasteiger partial charge in [-0.25, -0.2) is 4.79 Å². The third-order valence-corrected chi connectivity index (χ3v) is 2.04. The van der Waals surface area contributed by atoms with Gasteiger partial charge in [-0.2, -0.15) is 0 Å². The summed E-state index contributed by atoms with van der Waals surface area (Å²) in [5.41, 5.74) is 1.66. The molecule has 0 atom stereocenters. The van der Waals surface area contributed by atoms with Crippen molar-refractivity contribution in [2.75, 3.05) is 6.61 Å². The maximum atomic E-state index is 11.3. The summed E-state index contributed by atoms with van der Waals surface area (Å²) in [4.78, 5) is 14.3.